The van der Waals surface area contributed by atoms with Gasteiger partial charge in [0, 0.05) is 23.4 Å². The molecule has 4 N–H and O–H groups in total. The minimum absolute atomic E-state index is 0.0511. The Hall–Kier alpha value is -3.27. The van der Waals surface area contributed by atoms with Gasteiger partial charge in [-0.25, -0.2) is 9.78 Å². The minimum Gasteiger partial charge on any atom is -0.463 e. The number of nitrogen functional groups attached to an aromatic ring is 1. The van der Waals surface area contributed by atoms with Crippen LogP contribution in [0.5, 0.6) is 0 Å². The van der Waals surface area contributed by atoms with E-state index in [4.69, 9.17) is 22.7 Å². The number of nitro benzene ring substituents is 1. The summed E-state index contributed by atoms with van der Waals surface area (Å²) in [6.07, 6.45) is 0. The van der Waals surface area contributed by atoms with Crippen LogP contribution in [-0.2, 0) is 9.53 Å². The molecular formula is C17H17N5O4S. The van der Waals surface area contributed by atoms with E-state index in [0.717, 1.165) is 0 Å². The number of esters is 1. The van der Waals surface area contributed by atoms with Crippen LogP contribution in [0.2, 0.25) is 0 Å². The first-order valence-electron chi connectivity index (χ1n) is 8.12. The highest BCUT2D eigenvalue weighted by Gasteiger charge is 2.36. The number of rotatable bonds is 4. The van der Waals surface area contributed by atoms with Crippen LogP contribution in [0, 0.1) is 14.9 Å². The molecule has 2 heterocycles. The van der Waals surface area contributed by atoms with Gasteiger partial charge in [0.05, 0.1) is 23.0 Å². The highest BCUT2D eigenvalue weighted by Crippen LogP contribution is 2.43. The van der Waals surface area contributed by atoms with Crippen molar-refractivity contribution in [3.05, 3.63) is 61.5 Å². The number of aromatic nitrogens is 2. The summed E-state index contributed by atoms with van der Waals surface area (Å²) < 4.78 is 5.41. The molecule has 1 aliphatic rings. The normalized spacial score (nSPS) is 15.7. The Bertz CT molecular complexity index is 1010. The lowest BCUT2D eigenvalue weighted by molar-refractivity contribution is -0.384. The molecule has 1 unspecified atom stereocenters. The van der Waals surface area contributed by atoms with Crippen LogP contribution in [0.25, 0.3) is 0 Å². The quantitative estimate of drug-likeness (QED) is 0.315. The molecule has 1 atom stereocenters. The molecule has 0 radical (unpaired) electrons. The van der Waals surface area contributed by atoms with Crippen LogP contribution >= 0.6 is 12.2 Å². The standard InChI is InChI=1S/C17H17N5O4S/c1-3-26-16(23)11-8(2)19-15-13(14(18)20-17(27)21-15)12(11)9-4-6-10(7-5-9)22(24)25/h4-7,12H,3H2,1-2H3,(H4,18,19,20,21,27). The van der Waals surface area contributed by atoms with Crippen molar-refractivity contribution in [1.29, 1.82) is 0 Å². The Balaban J connectivity index is 2.23. The molecule has 1 aliphatic heterocycles. The zero-order chi connectivity index (χ0) is 19.7. The van der Waals surface area contributed by atoms with Crippen molar-refractivity contribution >= 4 is 35.5 Å². The number of fused-ring (bicyclic) bond motifs is 1. The topological polar surface area (TPSA) is 136 Å². The van der Waals surface area contributed by atoms with E-state index in [2.05, 4.69) is 15.3 Å². The molecular weight excluding hydrogens is 370 g/mol. The van der Waals surface area contributed by atoms with E-state index in [1.54, 1.807) is 26.0 Å². The molecule has 0 fully saturated rings. The second kappa shape index (κ2) is 7.16. The van der Waals surface area contributed by atoms with Crippen LogP contribution in [0.3, 0.4) is 0 Å². The van der Waals surface area contributed by atoms with Crippen molar-refractivity contribution in [1.82, 2.24) is 9.97 Å². The van der Waals surface area contributed by atoms with E-state index >= 15 is 0 Å². The molecule has 27 heavy (non-hydrogen) atoms. The first-order valence-corrected chi connectivity index (χ1v) is 8.53. The number of H-pyrrole nitrogens is 1. The Morgan fingerprint density at radius 2 is 2.07 bits per heavy atom. The predicted molar refractivity (Wildman–Crippen MR) is 102 cm³/mol. The van der Waals surface area contributed by atoms with Gasteiger partial charge in [0.15, 0.2) is 4.77 Å². The number of benzene rings is 1. The van der Waals surface area contributed by atoms with E-state index in [9.17, 15) is 14.9 Å². The van der Waals surface area contributed by atoms with Crippen molar-refractivity contribution in [3.8, 4) is 0 Å². The largest absolute Gasteiger partial charge is 0.463 e. The average molecular weight is 387 g/mol. The molecule has 10 heteroatoms. The summed E-state index contributed by atoms with van der Waals surface area (Å²) in [6.45, 7) is 3.65. The number of nitrogens with two attached hydrogens (primary N) is 1. The zero-order valence-electron chi connectivity index (χ0n) is 14.6. The minimum atomic E-state index is -0.611. The number of anilines is 2. The Kier molecular flexibility index (Phi) is 4.91. The third-order valence-electron chi connectivity index (χ3n) is 4.22. The predicted octanol–water partition coefficient (Wildman–Crippen LogP) is 3.02. The van der Waals surface area contributed by atoms with Crippen LogP contribution in [0.4, 0.5) is 17.3 Å². The van der Waals surface area contributed by atoms with Gasteiger partial charge >= 0.3 is 5.97 Å². The lowest BCUT2D eigenvalue weighted by atomic mass is 9.82. The second-order valence-corrected chi connectivity index (χ2v) is 6.27. The van der Waals surface area contributed by atoms with Crippen molar-refractivity contribution in [2.24, 2.45) is 0 Å². The Morgan fingerprint density at radius 3 is 2.67 bits per heavy atom. The molecule has 1 aromatic heterocycles. The monoisotopic (exact) mass is 387 g/mol. The van der Waals surface area contributed by atoms with E-state index in [0.29, 0.717) is 28.2 Å². The molecule has 9 nitrogen and oxygen atoms in total. The number of allylic oxidation sites excluding steroid dienone is 1. The number of carbonyl (C=O) groups excluding carboxylic acids is 1. The first kappa shape index (κ1) is 18.5. The summed E-state index contributed by atoms with van der Waals surface area (Å²) in [5, 5.41) is 14.0. The van der Waals surface area contributed by atoms with Gasteiger partial charge in [0.1, 0.15) is 11.6 Å². The number of carbonyl (C=O) groups is 1. The maximum atomic E-state index is 12.6. The highest BCUT2D eigenvalue weighted by molar-refractivity contribution is 7.71. The van der Waals surface area contributed by atoms with Gasteiger partial charge in [-0.1, -0.05) is 12.1 Å². The molecule has 1 aromatic carbocycles. The van der Waals surface area contributed by atoms with Crippen LogP contribution in [0.15, 0.2) is 35.5 Å². The summed E-state index contributed by atoms with van der Waals surface area (Å²) in [4.78, 5) is 30.2. The van der Waals surface area contributed by atoms with Crippen LogP contribution < -0.4 is 11.1 Å². The fraction of sp³-hybridized carbons (Fsp3) is 0.235. The van der Waals surface area contributed by atoms with Crippen LogP contribution in [0.1, 0.15) is 30.9 Å². The fourth-order valence-corrected chi connectivity index (χ4v) is 3.30. The lowest BCUT2D eigenvalue weighted by Gasteiger charge is -2.30. The molecule has 2 aromatic rings. The van der Waals surface area contributed by atoms with Crippen molar-refractivity contribution in [2.75, 3.05) is 17.7 Å². The number of nitrogens with one attached hydrogen (secondary N) is 2. The molecule has 0 amide bonds. The summed E-state index contributed by atoms with van der Waals surface area (Å²) >= 11 is 5.08. The summed E-state index contributed by atoms with van der Waals surface area (Å²) in [5.41, 5.74) is 8.18. The molecule has 0 saturated heterocycles. The van der Waals surface area contributed by atoms with Crippen molar-refractivity contribution in [3.63, 3.8) is 0 Å². The summed E-state index contributed by atoms with van der Waals surface area (Å²) in [7, 11) is 0. The number of nitro groups is 1. The van der Waals surface area contributed by atoms with Gasteiger partial charge in [0.2, 0.25) is 0 Å². The highest BCUT2D eigenvalue weighted by atomic mass is 32.1. The van der Waals surface area contributed by atoms with Crippen molar-refractivity contribution in [2.45, 2.75) is 19.8 Å². The summed E-state index contributed by atoms with van der Waals surface area (Å²) in [5.74, 6) is -0.417. The van der Waals surface area contributed by atoms with Gasteiger partial charge in [0.25, 0.3) is 5.69 Å². The van der Waals surface area contributed by atoms with E-state index in [-0.39, 0.29) is 22.9 Å². The number of hydrogen-bond acceptors (Lipinski definition) is 8. The number of non-ortho nitro benzene ring substituents is 1. The number of nitrogens with zero attached hydrogens (tertiary/aromatic N) is 2. The zero-order valence-corrected chi connectivity index (χ0v) is 15.4. The number of ether oxygens (including phenoxy) is 1. The van der Waals surface area contributed by atoms with Crippen LogP contribution in [-0.4, -0.2) is 27.5 Å². The molecule has 3 rings (SSSR count). The molecule has 0 bridgehead atoms. The van der Waals surface area contributed by atoms with Gasteiger partial charge < -0.3 is 20.8 Å². The third kappa shape index (κ3) is 3.38. The number of aromatic amines is 1. The summed E-state index contributed by atoms with van der Waals surface area (Å²) in [6, 6.07) is 5.94. The molecule has 140 valence electrons. The molecule has 0 aliphatic carbocycles. The van der Waals surface area contributed by atoms with E-state index in [1.165, 1.54) is 12.1 Å². The van der Waals surface area contributed by atoms with Gasteiger partial charge in [-0.2, -0.15) is 0 Å². The Labute approximate surface area is 159 Å². The fourth-order valence-electron chi connectivity index (χ4n) is 3.09. The third-order valence-corrected chi connectivity index (χ3v) is 4.41. The van der Waals surface area contributed by atoms with Crippen molar-refractivity contribution < 1.29 is 14.5 Å². The van der Waals surface area contributed by atoms with E-state index in [1.807, 2.05) is 0 Å². The lowest BCUT2D eigenvalue weighted by Crippen LogP contribution is -2.26. The number of hydrogen-bond donors (Lipinski definition) is 3. The van der Waals surface area contributed by atoms with Gasteiger partial charge in [-0.15, -0.1) is 0 Å². The maximum absolute atomic E-state index is 12.6. The van der Waals surface area contributed by atoms with Gasteiger partial charge in [-0.05, 0) is 31.6 Å². The maximum Gasteiger partial charge on any atom is 0.336 e. The average Bonchev–Trinajstić information content (AvgIpc) is 2.60. The smallest absolute Gasteiger partial charge is 0.336 e. The van der Waals surface area contributed by atoms with Gasteiger partial charge in [-0.3, -0.25) is 10.1 Å². The second-order valence-electron chi connectivity index (χ2n) is 5.88. The molecule has 0 spiro atoms. The Morgan fingerprint density at radius 1 is 1.41 bits per heavy atom. The molecule has 0 saturated carbocycles. The first-order chi connectivity index (χ1) is 12.8. The van der Waals surface area contributed by atoms with E-state index < -0.39 is 16.8 Å². The SMILES string of the molecule is CCOC(=O)C1=C(C)Nc2nc(=S)[nH]c(N)c2C1c1ccc([N+](=O)[O-])cc1.